The fraction of sp³-hybridized carbons (Fsp3) is 0.558. The lowest BCUT2D eigenvalue weighted by Gasteiger charge is -2.26. The number of carboxylic acids is 3. The molecule has 0 saturated carbocycles. The number of carbonyl (C=O) groups is 11. The Morgan fingerprint density at radius 3 is 1.36 bits per heavy atom. The Morgan fingerprint density at radius 2 is 0.945 bits per heavy atom. The zero-order valence-electron chi connectivity index (χ0n) is 48.8. The first-order chi connectivity index (χ1) is 42.7. The molecule has 3 rings (SSSR count). The van der Waals surface area contributed by atoms with Crippen molar-refractivity contribution in [2.75, 3.05) is 36.4 Å². The zero-order chi connectivity index (χ0) is 68.4. The highest BCUT2D eigenvalue weighted by molar-refractivity contribution is 7.80. The van der Waals surface area contributed by atoms with Gasteiger partial charge in [-0.2, -0.15) is 17.6 Å². The Hall–Kier alpha value is -8.80. The van der Waals surface area contributed by atoms with E-state index in [1.807, 2.05) is 0 Å². The number of nitrogens with one attached hydrogen (secondary N) is 10. The molecule has 0 radical (unpaired) electrons. The van der Waals surface area contributed by atoms with Crippen LogP contribution in [0.25, 0.3) is 11.2 Å². The summed E-state index contributed by atoms with van der Waals surface area (Å²) in [4.78, 5) is 168. The van der Waals surface area contributed by atoms with E-state index in [9.17, 15) is 103 Å². The third-order valence-electron chi connectivity index (χ3n) is 13.3. The summed E-state index contributed by atoms with van der Waals surface area (Å²) in [6, 6.07) is -0.685. The Labute approximate surface area is 521 Å². The first-order valence-corrected chi connectivity index (χ1v) is 28.4. The van der Waals surface area contributed by atoms with E-state index in [1.165, 1.54) is 25.3 Å². The maximum Gasteiger partial charge on any atom is 0.335 e. The number of thiol groups is 1. The van der Waals surface area contributed by atoms with Gasteiger partial charge in [0.05, 0.1) is 18.4 Å². The fourth-order valence-electron chi connectivity index (χ4n) is 7.90. The highest BCUT2D eigenvalue weighted by Crippen LogP contribution is 2.14. The summed E-state index contributed by atoms with van der Waals surface area (Å²) in [6.45, 7) is 0.643. The van der Waals surface area contributed by atoms with E-state index in [4.69, 9.17) is 21.1 Å². The molecular weight excluding hydrogens is 1240 g/mol. The summed E-state index contributed by atoms with van der Waals surface area (Å²) in [5, 5.41) is 138. The van der Waals surface area contributed by atoms with E-state index in [0.29, 0.717) is 11.4 Å². The van der Waals surface area contributed by atoms with Gasteiger partial charge in [0.2, 0.25) is 47.3 Å². The molecule has 2 aromatic heterocycles. The molecule has 8 amide bonds. The molecule has 504 valence electrons. The van der Waals surface area contributed by atoms with Crippen LogP contribution in [0.2, 0.25) is 0 Å². The van der Waals surface area contributed by atoms with E-state index in [0.717, 1.165) is 0 Å². The average Bonchev–Trinajstić information content (AvgIpc) is 1.21. The minimum absolute atomic E-state index is 0.0307. The van der Waals surface area contributed by atoms with Crippen LogP contribution in [0.4, 0.5) is 11.6 Å². The molecular formula is C52H76N14O24S. The molecule has 0 spiro atoms. The van der Waals surface area contributed by atoms with Gasteiger partial charge in [-0.1, -0.05) is 0 Å². The van der Waals surface area contributed by atoms with Crippen LogP contribution in [0.5, 0.6) is 0 Å². The molecule has 0 unspecified atom stereocenters. The van der Waals surface area contributed by atoms with E-state index >= 15 is 0 Å². The number of aliphatic hydroxyl groups excluding tert-OH is 9. The quantitative estimate of drug-likeness (QED) is 0.0235. The van der Waals surface area contributed by atoms with Gasteiger partial charge in [-0.25, -0.2) is 24.4 Å². The predicted octanol–water partition coefficient (Wildman–Crippen LogP) is -9.11. The maximum absolute atomic E-state index is 14.3. The number of anilines is 2. The van der Waals surface area contributed by atoms with E-state index in [-0.39, 0.29) is 41.4 Å². The number of benzene rings is 1. The number of aromatic amines is 1. The summed E-state index contributed by atoms with van der Waals surface area (Å²) in [5.41, 5.74) is 6.11. The van der Waals surface area contributed by atoms with Crippen molar-refractivity contribution < 1.29 is 114 Å². The highest BCUT2D eigenvalue weighted by Gasteiger charge is 2.35. The van der Waals surface area contributed by atoms with Gasteiger partial charge in [0.25, 0.3) is 11.5 Å². The van der Waals surface area contributed by atoms with Crippen molar-refractivity contribution in [2.45, 2.75) is 157 Å². The Kier molecular flexibility index (Phi) is 31.4. The molecule has 1 aromatic carbocycles. The van der Waals surface area contributed by atoms with Gasteiger partial charge < -0.3 is 115 Å². The second-order valence-electron chi connectivity index (χ2n) is 20.7. The van der Waals surface area contributed by atoms with Crippen molar-refractivity contribution in [3.05, 3.63) is 52.1 Å². The number of rotatable bonds is 40. The van der Waals surface area contributed by atoms with E-state index < -0.39 is 220 Å². The van der Waals surface area contributed by atoms with Crippen LogP contribution in [0, 0.1) is 0 Å². The number of hydrogen-bond acceptors (Lipinski definition) is 27. The monoisotopic (exact) mass is 1310 g/mol. The number of nitrogen functional groups attached to an aromatic ring is 1. The van der Waals surface area contributed by atoms with Gasteiger partial charge in [0.1, 0.15) is 54.7 Å². The minimum Gasteiger partial charge on any atom is -0.479 e. The Balaban J connectivity index is 1.87. The lowest BCUT2D eigenvalue weighted by molar-refractivity contribution is -0.158. The van der Waals surface area contributed by atoms with Crippen molar-refractivity contribution in [2.24, 2.45) is 0 Å². The fourth-order valence-corrected chi connectivity index (χ4v) is 7.99. The summed E-state index contributed by atoms with van der Waals surface area (Å²) in [7, 11) is 0. The van der Waals surface area contributed by atoms with Crippen molar-refractivity contribution in [3.63, 3.8) is 0 Å². The van der Waals surface area contributed by atoms with Gasteiger partial charge in [-0.05, 0) is 63.8 Å². The number of H-pyrrole nitrogens is 1. The summed E-state index contributed by atoms with van der Waals surface area (Å²) < 4.78 is 0. The minimum atomic E-state index is -2.48. The van der Waals surface area contributed by atoms with Crippen LogP contribution in [-0.4, -0.2) is 257 Å². The Morgan fingerprint density at radius 1 is 0.538 bits per heavy atom. The molecule has 0 fully saturated rings. The van der Waals surface area contributed by atoms with Gasteiger partial charge in [0, 0.05) is 74.4 Å². The molecule has 91 heavy (non-hydrogen) atoms. The lowest BCUT2D eigenvalue weighted by Crippen LogP contribution is -2.57. The van der Waals surface area contributed by atoms with Crippen LogP contribution in [0.15, 0.2) is 35.3 Å². The number of hydrogen-bond donors (Lipinski definition) is 24. The highest BCUT2D eigenvalue weighted by atomic mass is 32.1. The average molecular weight is 1310 g/mol. The zero-order valence-corrected chi connectivity index (χ0v) is 49.7. The maximum atomic E-state index is 14.3. The van der Waals surface area contributed by atoms with Gasteiger partial charge in [-0.15, -0.1) is 0 Å². The number of fused-ring (bicyclic) bond motifs is 1. The standard InChI is InChI=1S/C52H76N14O24S/c1-21(59-44(80)23-4-6-24(7-5-23)54-15-25-16-58-43-36(61-25)48(84)66-52(53)65-43)3-11-35(73)62-26(8-12-32(70)55-17-29(67)37(74)40(77)49(85)86)46(82)64-28(10-14-34(72)57-19-31(69)39(76)42(79)51(89)90)47(83)63-27(45(81)60-22(2)20-91)9-13-33(71)56-18-30(68)38(75)41(78)50(87)88/h4-7,16,21-22,26-31,37-42,54,67-69,74-79,91H,3,8-15,17-20H2,1-2H3,(H,55,70)(H,56,71)(H,57,72)(H,59,80)(H,60,81)(H,62,73)(H,63,83)(H,64,82)(H,85,86)(H,87,88)(H,89,90)(H3,53,58,65,66,84)/t21-,22-,26+,27+,28+,29+,30+,31+,37-,38-,39-,40+,41+,42+/m1/s1. The molecule has 38 nitrogen and oxygen atoms in total. The molecule has 0 bridgehead atoms. The van der Waals surface area contributed by atoms with Crippen LogP contribution in [0.1, 0.15) is 81.3 Å². The molecule has 24 N–H and O–H groups in total. The lowest BCUT2D eigenvalue weighted by atomic mass is 10.0. The molecule has 3 aromatic rings. The SMILES string of the molecule is C[C@H](CCC(=O)N[C@@H](CCC(=O)NC[C@H](O)[C@@H](O)[C@H](O)C(=O)O)C(=O)N[C@@H](CCC(=O)NC[C@H](O)[C@@H](O)[C@H](O)C(=O)O)C(=O)N[C@@H](CCC(=O)NC[C@H](O)[C@@H](O)[C@H](O)C(=O)O)C(=O)N[C@H](C)CS)NC(=O)c1ccc(NCc2cnc3nc(N)[nH]c(=O)c3n2)cc1. The molecule has 39 heteroatoms. The molecule has 14 atom stereocenters. The Bertz CT molecular complexity index is 3080. The van der Waals surface area contributed by atoms with Gasteiger partial charge in [0.15, 0.2) is 29.5 Å². The summed E-state index contributed by atoms with van der Waals surface area (Å²) in [6.07, 6.45) is -23.5. The first kappa shape index (κ1) is 76.4. The largest absolute Gasteiger partial charge is 0.479 e. The van der Waals surface area contributed by atoms with Crippen molar-refractivity contribution in [3.8, 4) is 0 Å². The molecule has 0 aliphatic carbocycles. The number of aliphatic carboxylic acids is 3. The number of amides is 8. The number of nitrogens with zero attached hydrogens (tertiary/aromatic N) is 3. The molecule has 0 aliphatic heterocycles. The van der Waals surface area contributed by atoms with Crippen molar-refractivity contribution in [1.82, 2.24) is 62.5 Å². The first-order valence-electron chi connectivity index (χ1n) is 27.8. The smallest absolute Gasteiger partial charge is 0.335 e. The molecule has 0 saturated heterocycles. The second kappa shape index (κ2) is 37.4. The van der Waals surface area contributed by atoms with Gasteiger partial charge >= 0.3 is 17.9 Å². The molecule has 0 aliphatic rings. The van der Waals surface area contributed by atoms with Crippen molar-refractivity contribution >= 4 is 101 Å². The number of carbonyl (C=O) groups excluding carboxylic acids is 8. The third kappa shape index (κ3) is 25.9. The van der Waals surface area contributed by atoms with Crippen LogP contribution in [0.3, 0.4) is 0 Å². The van der Waals surface area contributed by atoms with E-state index in [1.54, 1.807) is 19.1 Å². The number of carboxylic acid groups (broad SMARTS) is 3. The second-order valence-corrected chi connectivity index (χ2v) is 21.1. The van der Waals surface area contributed by atoms with E-state index in [2.05, 4.69) is 80.4 Å². The number of nitrogens with two attached hydrogens (primary N) is 1. The van der Waals surface area contributed by atoms with Crippen LogP contribution in [-0.2, 0) is 54.5 Å². The topological polar surface area (TPSA) is 636 Å². The van der Waals surface area contributed by atoms with Crippen LogP contribution >= 0.6 is 12.6 Å². The summed E-state index contributed by atoms with van der Waals surface area (Å²) in [5.74, 6) is -13.7. The predicted molar refractivity (Wildman–Crippen MR) is 313 cm³/mol. The molecule has 2 heterocycles. The normalized spacial score (nSPS) is 15.9. The van der Waals surface area contributed by atoms with Gasteiger partial charge in [-0.3, -0.25) is 48.1 Å². The van der Waals surface area contributed by atoms with Crippen LogP contribution < -0.4 is 59.1 Å². The number of aromatic nitrogens is 4. The summed E-state index contributed by atoms with van der Waals surface area (Å²) >= 11 is 4.12. The van der Waals surface area contributed by atoms with Crippen molar-refractivity contribution in [1.29, 1.82) is 0 Å². The number of aliphatic hydroxyl groups is 9. The third-order valence-corrected chi connectivity index (χ3v) is 13.8.